The number of methoxy groups -OCH3 is 6. The van der Waals surface area contributed by atoms with Crippen LogP contribution in [0.15, 0.2) is 0 Å². The second-order valence-corrected chi connectivity index (χ2v) is 33.6. The van der Waals surface area contributed by atoms with Crippen molar-refractivity contribution in [3.05, 3.63) is 0 Å². The smallest absolute Gasteiger partial charge is 0.316 e. The van der Waals surface area contributed by atoms with Crippen LogP contribution in [0.1, 0.15) is 301 Å². The van der Waals surface area contributed by atoms with Gasteiger partial charge >= 0.3 is 35.8 Å². The summed E-state index contributed by atoms with van der Waals surface area (Å²) in [5, 5.41) is 7.26. The summed E-state index contributed by atoms with van der Waals surface area (Å²) in [5.74, 6) is -3.49. The van der Waals surface area contributed by atoms with Gasteiger partial charge in [-0.15, -0.1) is 0 Å². The zero-order valence-electron chi connectivity index (χ0n) is 65.5. The number of hydrogen-bond donors (Lipinski definition) is 2. The third-order valence-corrected chi connectivity index (χ3v) is 20.4. The number of esters is 6. The molecule has 18 nitrogen and oxygen atoms in total. The first-order valence-corrected chi connectivity index (χ1v) is 33.8. The van der Waals surface area contributed by atoms with E-state index in [0.717, 1.165) is 0 Å². The molecule has 6 rings (SSSR count). The highest BCUT2D eigenvalue weighted by atomic mass is 16.6. The van der Waals surface area contributed by atoms with Gasteiger partial charge in [-0.25, -0.2) is 0 Å². The van der Waals surface area contributed by atoms with E-state index in [4.69, 9.17) is 0 Å². The van der Waals surface area contributed by atoms with E-state index in [1.165, 1.54) is 158 Å². The van der Waals surface area contributed by atoms with Crippen molar-refractivity contribution in [2.45, 2.75) is 367 Å². The molecule has 6 aliphatic rings. The van der Waals surface area contributed by atoms with Crippen molar-refractivity contribution in [3.8, 4) is 0 Å². The first kappa shape index (κ1) is 91.8. The van der Waals surface area contributed by atoms with Crippen molar-refractivity contribution in [3.63, 3.8) is 0 Å². The predicted octanol–water partition coefficient (Wildman–Crippen LogP) is 14.4. The van der Waals surface area contributed by atoms with Gasteiger partial charge in [-0.2, -0.15) is 0 Å². The molecule has 91 heavy (non-hydrogen) atoms. The molecule has 0 bridgehead atoms. The summed E-state index contributed by atoms with van der Waals surface area (Å²) in [4.78, 5) is 71.6. The average molecular weight is 1300 g/mol. The lowest BCUT2D eigenvalue weighted by Gasteiger charge is -2.51. The molecule has 0 aromatic rings. The summed E-state index contributed by atoms with van der Waals surface area (Å²) in [7, 11) is 16.3. The monoisotopic (exact) mass is 1300 g/mol. The zero-order chi connectivity index (χ0) is 72.3. The Morgan fingerprint density at radius 1 is 0.242 bits per heavy atom. The summed E-state index contributed by atoms with van der Waals surface area (Å²) in [6.07, 6.45) is 23.3. The van der Waals surface area contributed by atoms with E-state index < -0.39 is 35.8 Å². The molecular weight excluding hydrogens is 1150 g/mol. The highest BCUT2D eigenvalue weighted by Crippen LogP contribution is 2.39. The molecule has 0 aromatic heterocycles. The van der Waals surface area contributed by atoms with Gasteiger partial charge in [0.2, 0.25) is 0 Å². The molecule has 0 atom stereocenters. The van der Waals surface area contributed by atoms with Gasteiger partial charge in [-0.3, -0.25) is 48.4 Å². The Bertz CT molecular complexity index is 1780. The number of ether oxygens (including phenoxy) is 6. The van der Waals surface area contributed by atoms with Crippen molar-refractivity contribution in [2.75, 3.05) is 70.8 Å². The number of piperidine rings is 6. The number of hydrogen-bond acceptors (Lipinski definition) is 18. The minimum Gasteiger partial charge on any atom is -0.469 e. The number of rotatable bonds is 6. The molecule has 6 heterocycles. The highest BCUT2D eigenvalue weighted by Gasteiger charge is 2.41. The lowest BCUT2D eigenvalue weighted by molar-refractivity contribution is -0.153. The van der Waals surface area contributed by atoms with Crippen LogP contribution in [0.3, 0.4) is 0 Å². The first-order chi connectivity index (χ1) is 40.9. The van der Waals surface area contributed by atoms with Gasteiger partial charge < -0.3 is 39.1 Å². The molecule has 6 saturated heterocycles. The normalized spacial score (nSPS) is 23.7. The summed E-state index contributed by atoms with van der Waals surface area (Å²) in [6.45, 7) is 55.7. The zero-order valence-corrected chi connectivity index (χ0v) is 65.5. The number of nitrogens with zero attached hydrogens (tertiary/aromatic N) is 4. The second-order valence-electron chi connectivity index (χ2n) is 33.6. The van der Waals surface area contributed by atoms with Gasteiger partial charge in [0, 0.05) is 66.5 Å². The van der Waals surface area contributed by atoms with Crippen molar-refractivity contribution in [2.24, 2.45) is 0 Å². The van der Waals surface area contributed by atoms with Crippen molar-refractivity contribution in [1.82, 2.24) is 30.2 Å². The van der Waals surface area contributed by atoms with Gasteiger partial charge in [0.15, 0.2) is 0 Å². The van der Waals surface area contributed by atoms with Gasteiger partial charge in [-0.05, 0) is 310 Å². The van der Waals surface area contributed by atoms with Crippen LogP contribution >= 0.6 is 0 Å². The first-order valence-electron chi connectivity index (χ1n) is 33.8. The number of carbonyl (C=O) groups is 6. The third kappa shape index (κ3) is 37.5. The maximum absolute atomic E-state index is 10.3. The van der Waals surface area contributed by atoms with E-state index in [1.54, 1.807) is 0 Å². The molecule has 0 unspecified atom stereocenters. The molecule has 6 aliphatic heterocycles. The Hall–Kier alpha value is -3.42. The molecule has 6 fully saturated rings. The van der Waals surface area contributed by atoms with Crippen LogP contribution in [0.2, 0.25) is 0 Å². The van der Waals surface area contributed by atoms with Crippen LogP contribution in [-0.2, 0) is 57.2 Å². The molecule has 0 amide bonds. The summed E-state index contributed by atoms with van der Waals surface area (Å²) in [6, 6.07) is 0. The Labute approximate surface area is 559 Å². The van der Waals surface area contributed by atoms with E-state index >= 15 is 0 Å². The number of carbonyl (C=O) groups excluding carboxylic acids is 6. The fourth-order valence-electron chi connectivity index (χ4n) is 13.2. The van der Waals surface area contributed by atoms with Gasteiger partial charge in [0.05, 0.1) is 42.7 Å². The predicted molar refractivity (Wildman–Crippen MR) is 375 cm³/mol. The van der Waals surface area contributed by atoms with Crippen LogP contribution in [0.4, 0.5) is 0 Å². The minimum absolute atomic E-state index is 0.312. The van der Waals surface area contributed by atoms with Crippen molar-refractivity contribution < 1.29 is 57.2 Å². The SMILES string of the molecule is CC1(C)CCCC(C)(C)N1.CC1(C)CCCC(C)(C)N1.CN1C(C)(C)CCCC1(C)C.CN1C(C)(C)CCCC1(C)C.CN1C(C)(C)CCCC1(C)C.CN1C(C)(C)CCCC1(C)C.COC(=O)CC(=O)OC.COC(=O)CC(=O)OC.COC(=O)CC(=O)OC. The Morgan fingerprint density at radius 3 is 0.429 bits per heavy atom. The molecule has 0 spiro atoms. The molecule has 0 radical (unpaired) electrons. The van der Waals surface area contributed by atoms with Gasteiger partial charge in [0.25, 0.3) is 0 Å². The van der Waals surface area contributed by atoms with Crippen molar-refractivity contribution >= 4 is 35.8 Å². The lowest BCUT2D eigenvalue weighted by Crippen LogP contribution is -2.56. The van der Waals surface area contributed by atoms with Crippen LogP contribution in [0.5, 0.6) is 0 Å². The Morgan fingerprint density at radius 2 is 0.352 bits per heavy atom. The molecular formula is C73H146N6O12. The number of likely N-dealkylation sites (tertiary alicyclic amines) is 4. The average Bonchev–Trinajstić information content (AvgIpc) is 1.24. The molecule has 18 heteroatoms. The fourth-order valence-corrected chi connectivity index (χ4v) is 13.2. The van der Waals surface area contributed by atoms with E-state index in [-0.39, 0.29) is 19.3 Å². The minimum atomic E-state index is -0.582. The van der Waals surface area contributed by atoms with Gasteiger partial charge in [-0.1, -0.05) is 0 Å². The fraction of sp³-hybridized carbons (Fsp3) is 0.918. The van der Waals surface area contributed by atoms with E-state index in [2.05, 4.69) is 253 Å². The molecule has 0 aromatic carbocycles. The van der Waals surface area contributed by atoms with E-state index in [1.807, 2.05) is 0 Å². The van der Waals surface area contributed by atoms with Crippen LogP contribution < -0.4 is 10.6 Å². The summed E-state index contributed by atoms with van der Waals surface area (Å²) in [5.41, 5.74) is 4.69. The van der Waals surface area contributed by atoms with E-state index in [9.17, 15) is 28.8 Å². The van der Waals surface area contributed by atoms with Gasteiger partial charge in [0.1, 0.15) is 19.3 Å². The molecule has 2 N–H and O–H groups in total. The standard InChI is InChI=1S/4C10H21N.2C9H19N.3C5H8O4/c4*1-9(2)7-6-8-10(3,4)11(9)5;2*1-8(2)6-5-7-9(3,4)10-8;3*1-8-4(6)3-5(7)9-2/h4*6-8H2,1-5H3;2*10H,5-7H2,1-4H3;3*3H2,1-2H3. The van der Waals surface area contributed by atoms with Crippen molar-refractivity contribution in [1.29, 1.82) is 0 Å². The maximum atomic E-state index is 10.3. The Balaban J connectivity index is -0.000000959. The third-order valence-electron chi connectivity index (χ3n) is 20.4. The van der Waals surface area contributed by atoms with Crippen LogP contribution in [0.25, 0.3) is 0 Å². The molecule has 0 aliphatic carbocycles. The highest BCUT2D eigenvalue weighted by molar-refractivity contribution is 5.91. The van der Waals surface area contributed by atoms with E-state index in [0.29, 0.717) is 66.5 Å². The second kappa shape index (κ2) is 39.0. The molecule has 0 saturated carbocycles. The summed E-state index contributed by atoms with van der Waals surface area (Å²) >= 11 is 0. The molecule has 540 valence electrons. The lowest BCUT2D eigenvalue weighted by atomic mass is 9.80. The topological polar surface area (TPSA) is 195 Å². The van der Waals surface area contributed by atoms with Crippen LogP contribution in [-0.4, -0.2) is 193 Å². The maximum Gasteiger partial charge on any atom is 0.316 e. The Kier molecular flexibility index (Phi) is 39.3. The summed E-state index contributed by atoms with van der Waals surface area (Å²) < 4.78 is 25.1. The quantitative estimate of drug-likeness (QED) is 0.145. The number of nitrogens with one attached hydrogen (secondary N) is 2. The largest absolute Gasteiger partial charge is 0.469 e. The van der Waals surface area contributed by atoms with Crippen LogP contribution in [0, 0.1) is 0 Å².